The molecule has 2 atom stereocenters. The minimum atomic E-state index is -0.281. The molecule has 2 fully saturated rings. The summed E-state index contributed by atoms with van der Waals surface area (Å²) in [6.45, 7) is 3.84. The molecule has 2 aromatic heterocycles. The molecule has 2 aliphatic heterocycles. The van der Waals surface area contributed by atoms with Crippen molar-refractivity contribution in [3.8, 4) is 11.4 Å². The molecule has 0 saturated carbocycles. The van der Waals surface area contributed by atoms with Gasteiger partial charge in [-0.1, -0.05) is 0 Å². The van der Waals surface area contributed by atoms with E-state index in [0.717, 1.165) is 44.1 Å². The summed E-state index contributed by atoms with van der Waals surface area (Å²) in [5.41, 5.74) is 1.43. The van der Waals surface area contributed by atoms with Gasteiger partial charge in [0.25, 0.3) is 0 Å². The summed E-state index contributed by atoms with van der Waals surface area (Å²) >= 11 is 0. The molecule has 2 unspecified atom stereocenters. The third-order valence-electron chi connectivity index (χ3n) is 5.26. The van der Waals surface area contributed by atoms with E-state index in [0.29, 0.717) is 24.0 Å². The van der Waals surface area contributed by atoms with E-state index in [1.165, 1.54) is 12.1 Å². The van der Waals surface area contributed by atoms with Crippen LogP contribution in [0.5, 0.6) is 0 Å². The SMILES string of the molecule is Fc1ccc(-c2nnc3ccc(N4CCOC(C5CCOC5)C4)nn23)cc1. The Morgan fingerprint density at radius 3 is 2.74 bits per heavy atom. The van der Waals surface area contributed by atoms with Gasteiger partial charge in [-0.3, -0.25) is 0 Å². The summed E-state index contributed by atoms with van der Waals surface area (Å²) in [5, 5.41) is 13.2. The van der Waals surface area contributed by atoms with Crippen LogP contribution in [-0.4, -0.2) is 58.8 Å². The van der Waals surface area contributed by atoms with Crippen molar-refractivity contribution in [2.75, 3.05) is 37.8 Å². The third-order valence-corrected chi connectivity index (χ3v) is 5.26. The molecule has 2 aliphatic rings. The first-order chi connectivity index (χ1) is 13.3. The molecule has 5 rings (SSSR count). The number of rotatable bonds is 3. The van der Waals surface area contributed by atoms with Gasteiger partial charge in [0.1, 0.15) is 11.6 Å². The van der Waals surface area contributed by atoms with Crippen molar-refractivity contribution in [1.82, 2.24) is 19.8 Å². The maximum absolute atomic E-state index is 13.2. The van der Waals surface area contributed by atoms with Crippen molar-refractivity contribution in [1.29, 1.82) is 0 Å². The minimum Gasteiger partial charge on any atom is -0.381 e. The summed E-state index contributed by atoms with van der Waals surface area (Å²) in [7, 11) is 0. The molecule has 0 N–H and O–H groups in total. The molecule has 0 aliphatic carbocycles. The maximum atomic E-state index is 13.2. The first-order valence-electron chi connectivity index (χ1n) is 9.20. The highest BCUT2D eigenvalue weighted by Gasteiger charge is 2.31. The van der Waals surface area contributed by atoms with Gasteiger partial charge in [-0.15, -0.1) is 15.3 Å². The second kappa shape index (κ2) is 6.86. The Morgan fingerprint density at radius 2 is 1.93 bits per heavy atom. The van der Waals surface area contributed by atoms with Crippen molar-refractivity contribution >= 4 is 11.5 Å². The van der Waals surface area contributed by atoms with Crippen LogP contribution in [0.15, 0.2) is 36.4 Å². The van der Waals surface area contributed by atoms with Crippen LogP contribution >= 0.6 is 0 Å². The Hall–Kier alpha value is -2.58. The smallest absolute Gasteiger partial charge is 0.185 e. The van der Waals surface area contributed by atoms with E-state index >= 15 is 0 Å². The fraction of sp³-hybridized carbons (Fsp3) is 0.421. The lowest BCUT2D eigenvalue weighted by atomic mass is 10.0. The lowest BCUT2D eigenvalue weighted by Gasteiger charge is -2.36. The number of anilines is 1. The molecule has 4 heterocycles. The highest BCUT2D eigenvalue weighted by Crippen LogP contribution is 2.25. The molecule has 27 heavy (non-hydrogen) atoms. The van der Waals surface area contributed by atoms with Crippen LogP contribution in [0.4, 0.5) is 10.2 Å². The normalized spacial score (nSPS) is 23.2. The predicted octanol–water partition coefficient (Wildman–Crippen LogP) is 2.17. The highest BCUT2D eigenvalue weighted by atomic mass is 19.1. The molecule has 7 nitrogen and oxygen atoms in total. The summed E-state index contributed by atoms with van der Waals surface area (Å²) in [5.74, 6) is 1.62. The second-order valence-corrected chi connectivity index (χ2v) is 6.97. The van der Waals surface area contributed by atoms with Gasteiger partial charge in [-0.2, -0.15) is 4.52 Å². The summed E-state index contributed by atoms with van der Waals surface area (Å²) in [6.07, 6.45) is 1.21. The number of halogens is 1. The fourth-order valence-corrected chi connectivity index (χ4v) is 3.74. The summed E-state index contributed by atoms with van der Waals surface area (Å²) in [6, 6.07) is 10.1. The second-order valence-electron chi connectivity index (χ2n) is 6.97. The van der Waals surface area contributed by atoms with Crippen molar-refractivity contribution in [3.63, 3.8) is 0 Å². The van der Waals surface area contributed by atoms with Crippen LogP contribution in [0.25, 0.3) is 17.0 Å². The molecule has 0 radical (unpaired) electrons. The Kier molecular flexibility index (Phi) is 4.21. The van der Waals surface area contributed by atoms with Crippen LogP contribution in [0.3, 0.4) is 0 Å². The Morgan fingerprint density at radius 1 is 1.04 bits per heavy atom. The molecule has 0 spiro atoms. The van der Waals surface area contributed by atoms with E-state index in [9.17, 15) is 4.39 Å². The number of benzene rings is 1. The van der Waals surface area contributed by atoms with Gasteiger partial charge in [-0.05, 0) is 42.8 Å². The Balaban J connectivity index is 1.45. The molecule has 1 aromatic carbocycles. The van der Waals surface area contributed by atoms with Crippen LogP contribution in [0.2, 0.25) is 0 Å². The zero-order chi connectivity index (χ0) is 18.2. The number of hydrogen-bond acceptors (Lipinski definition) is 6. The average Bonchev–Trinajstić information content (AvgIpc) is 3.38. The zero-order valence-electron chi connectivity index (χ0n) is 14.8. The zero-order valence-corrected chi connectivity index (χ0v) is 14.8. The molecule has 8 heteroatoms. The van der Waals surface area contributed by atoms with E-state index in [1.807, 2.05) is 12.1 Å². The van der Waals surface area contributed by atoms with Crippen molar-refractivity contribution in [2.24, 2.45) is 5.92 Å². The van der Waals surface area contributed by atoms with Gasteiger partial charge in [0.15, 0.2) is 11.5 Å². The highest BCUT2D eigenvalue weighted by molar-refractivity contribution is 5.59. The van der Waals surface area contributed by atoms with Crippen molar-refractivity contribution in [3.05, 3.63) is 42.2 Å². The number of morpholine rings is 1. The van der Waals surface area contributed by atoms with Gasteiger partial charge < -0.3 is 14.4 Å². The Bertz CT molecular complexity index is 939. The Labute approximate surface area is 155 Å². The maximum Gasteiger partial charge on any atom is 0.185 e. The van der Waals surface area contributed by atoms with Crippen LogP contribution in [-0.2, 0) is 9.47 Å². The molecule has 0 bridgehead atoms. The van der Waals surface area contributed by atoms with Gasteiger partial charge in [0.2, 0.25) is 0 Å². The molecule has 0 amide bonds. The van der Waals surface area contributed by atoms with E-state index in [1.54, 1.807) is 16.6 Å². The van der Waals surface area contributed by atoms with E-state index in [2.05, 4.69) is 15.1 Å². The lowest BCUT2D eigenvalue weighted by Crippen LogP contribution is -2.46. The van der Waals surface area contributed by atoms with E-state index in [4.69, 9.17) is 14.6 Å². The lowest BCUT2D eigenvalue weighted by molar-refractivity contribution is -0.00150. The largest absolute Gasteiger partial charge is 0.381 e. The van der Waals surface area contributed by atoms with Crippen LogP contribution in [0, 0.1) is 11.7 Å². The van der Waals surface area contributed by atoms with Crippen molar-refractivity contribution < 1.29 is 13.9 Å². The molecular formula is C19H20FN5O2. The van der Waals surface area contributed by atoms with Crippen LogP contribution in [0.1, 0.15) is 6.42 Å². The monoisotopic (exact) mass is 369 g/mol. The standard InChI is InChI=1S/C19H20FN5O2/c20-15-3-1-13(2-4-15)19-22-21-17-5-6-18(23-25(17)19)24-8-10-27-16(11-24)14-7-9-26-12-14/h1-6,14,16H,7-12H2. The number of nitrogens with zero attached hydrogens (tertiary/aromatic N) is 5. The van der Waals surface area contributed by atoms with Crippen LogP contribution < -0.4 is 4.90 Å². The van der Waals surface area contributed by atoms with Gasteiger partial charge >= 0.3 is 0 Å². The first kappa shape index (κ1) is 16.6. The quantitative estimate of drug-likeness (QED) is 0.705. The number of fused-ring (bicyclic) bond motifs is 1. The topological polar surface area (TPSA) is 64.8 Å². The average molecular weight is 369 g/mol. The summed E-state index contributed by atoms with van der Waals surface area (Å²) < 4.78 is 26.4. The number of ether oxygens (including phenoxy) is 2. The van der Waals surface area contributed by atoms with Gasteiger partial charge in [0.05, 0.1) is 19.3 Å². The first-order valence-corrected chi connectivity index (χ1v) is 9.20. The van der Waals surface area contributed by atoms with E-state index in [-0.39, 0.29) is 11.9 Å². The predicted molar refractivity (Wildman–Crippen MR) is 97.1 cm³/mol. The van der Waals surface area contributed by atoms with E-state index < -0.39 is 0 Å². The summed E-state index contributed by atoms with van der Waals surface area (Å²) in [4.78, 5) is 2.24. The molecular weight excluding hydrogens is 349 g/mol. The molecule has 140 valence electrons. The van der Waals surface area contributed by atoms with Gasteiger partial charge in [0, 0.05) is 31.2 Å². The minimum absolute atomic E-state index is 0.163. The number of aromatic nitrogens is 4. The molecule has 3 aromatic rings. The fourth-order valence-electron chi connectivity index (χ4n) is 3.74. The third kappa shape index (κ3) is 3.15. The van der Waals surface area contributed by atoms with Crippen molar-refractivity contribution in [2.45, 2.75) is 12.5 Å². The number of hydrogen-bond donors (Lipinski definition) is 0. The van der Waals surface area contributed by atoms with Gasteiger partial charge in [-0.25, -0.2) is 4.39 Å². The molecule has 2 saturated heterocycles.